The van der Waals surface area contributed by atoms with Gasteiger partial charge in [0.15, 0.2) is 0 Å². The van der Waals surface area contributed by atoms with E-state index in [1.807, 2.05) is 13.8 Å². The summed E-state index contributed by atoms with van der Waals surface area (Å²) >= 11 is 0. The number of carbonyl (C=O) groups is 2. The summed E-state index contributed by atoms with van der Waals surface area (Å²) in [6.07, 6.45) is 0.599. The molecule has 0 saturated heterocycles. The lowest BCUT2D eigenvalue weighted by molar-refractivity contribution is -0.159. The minimum Gasteiger partial charge on any atom is -0.458 e. The zero-order chi connectivity index (χ0) is 17.6. The lowest BCUT2D eigenvalue weighted by Crippen LogP contribution is -2.45. The van der Waals surface area contributed by atoms with E-state index in [9.17, 15) is 14.0 Å². The molecule has 1 aromatic carbocycles. The first kappa shape index (κ1) is 19.1. The molecule has 1 rings (SSSR count). The van der Waals surface area contributed by atoms with E-state index in [2.05, 4.69) is 5.32 Å². The summed E-state index contributed by atoms with van der Waals surface area (Å²) in [7, 11) is 0. The molecule has 0 heterocycles. The average molecular weight is 323 g/mol. The van der Waals surface area contributed by atoms with Crippen molar-refractivity contribution in [2.24, 2.45) is 5.92 Å². The van der Waals surface area contributed by atoms with Gasteiger partial charge in [0.25, 0.3) is 0 Å². The van der Waals surface area contributed by atoms with Crippen molar-refractivity contribution in [3.63, 3.8) is 0 Å². The number of esters is 1. The molecule has 128 valence electrons. The normalized spacial score (nSPS) is 12.8. The minimum atomic E-state index is -0.679. The summed E-state index contributed by atoms with van der Waals surface area (Å²) in [5.41, 5.74) is 0.0879. The van der Waals surface area contributed by atoms with Crippen LogP contribution in [0.4, 0.5) is 4.39 Å². The van der Waals surface area contributed by atoms with Gasteiger partial charge in [-0.1, -0.05) is 26.0 Å². The molecule has 0 spiro atoms. The number of amides is 1. The highest BCUT2D eigenvalue weighted by molar-refractivity contribution is 5.85. The summed E-state index contributed by atoms with van der Waals surface area (Å²) in [6, 6.07) is 5.05. The van der Waals surface area contributed by atoms with Crippen LogP contribution in [0.25, 0.3) is 0 Å². The Kier molecular flexibility index (Phi) is 6.73. The van der Waals surface area contributed by atoms with Gasteiger partial charge in [0.05, 0.1) is 6.42 Å². The van der Waals surface area contributed by atoms with Crippen molar-refractivity contribution in [1.82, 2.24) is 5.32 Å². The molecular formula is C18H26FNO3. The number of hydrogen-bond acceptors (Lipinski definition) is 3. The predicted octanol–water partition coefficient (Wildman–Crippen LogP) is 3.24. The van der Waals surface area contributed by atoms with E-state index < -0.39 is 17.6 Å². The maximum atomic E-state index is 12.9. The van der Waals surface area contributed by atoms with Crippen LogP contribution >= 0.6 is 0 Å². The van der Waals surface area contributed by atoms with Crippen LogP contribution in [0.1, 0.15) is 46.6 Å². The highest BCUT2D eigenvalue weighted by Crippen LogP contribution is 2.13. The molecule has 4 nitrogen and oxygen atoms in total. The monoisotopic (exact) mass is 323 g/mol. The molecule has 0 aliphatic rings. The van der Waals surface area contributed by atoms with Crippen LogP contribution in [-0.4, -0.2) is 23.5 Å². The number of nitrogens with one attached hydrogen (secondary N) is 1. The number of halogens is 1. The summed E-state index contributed by atoms with van der Waals surface area (Å²) in [4.78, 5) is 24.4. The fraction of sp³-hybridized carbons (Fsp3) is 0.556. The molecule has 0 saturated carbocycles. The van der Waals surface area contributed by atoms with Gasteiger partial charge in [-0.25, -0.2) is 9.18 Å². The highest BCUT2D eigenvalue weighted by atomic mass is 19.1. The molecular weight excluding hydrogens is 297 g/mol. The fourth-order valence-electron chi connectivity index (χ4n) is 2.09. The lowest BCUT2D eigenvalue weighted by Gasteiger charge is -2.25. The van der Waals surface area contributed by atoms with Crippen molar-refractivity contribution in [3.05, 3.63) is 35.6 Å². The highest BCUT2D eigenvalue weighted by Gasteiger charge is 2.27. The summed E-state index contributed by atoms with van der Waals surface area (Å²) in [6.45, 7) is 9.32. The molecule has 1 aromatic rings. The van der Waals surface area contributed by atoms with Crippen molar-refractivity contribution in [2.45, 2.75) is 59.1 Å². The van der Waals surface area contributed by atoms with E-state index in [0.717, 1.165) is 0 Å². The van der Waals surface area contributed by atoms with Crippen molar-refractivity contribution in [2.75, 3.05) is 0 Å². The van der Waals surface area contributed by atoms with Crippen molar-refractivity contribution in [1.29, 1.82) is 0 Å². The van der Waals surface area contributed by atoms with Crippen LogP contribution in [-0.2, 0) is 20.7 Å². The maximum Gasteiger partial charge on any atom is 0.329 e. The first-order valence-corrected chi connectivity index (χ1v) is 7.83. The molecule has 0 unspecified atom stereocenters. The van der Waals surface area contributed by atoms with E-state index in [4.69, 9.17) is 4.74 Å². The lowest BCUT2D eigenvalue weighted by atomic mass is 10.0. The average Bonchev–Trinajstić information content (AvgIpc) is 2.38. The smallest absolute Gasteiger partial charge is 0.329 e. The molecule has 0 aromatic heterocycles. The second kappa shape index (κ2) is 8.09. The second-order valence-corrected chi connectivity index (χ2v) is 7.09. The van der Waals surface area contributed by atoms with Crippen molar-refractivity contribution in [3.8, 4) is 0 Å². The Labute approximate surface area is 137 Å². The van der Waals surface area contributed by atoms with E-state index in [0.29, 0.717) is 12.0 Å². The Morgan fingerprint density at radius 3 is 2.22 bits per heavy atom. The van der Waals surface area contributed by atoms with Gasteiger partial charge in [-0.2, -0.15) is 0 Å². The van der Waals surface area contributed by atoms with Gasteiger partial charge in [0.2, 0.25) is 5.91 Å². The third-order valence-electron chi connectivity index (χ3n) is 3.01. The summed E-state index contributed by atoms with van der Waals surface area (Å²) < 4.78 is 18.2. The Morgan fingerprint density at radius 1 is 1.17 bits per heavy atom. The first-order valence-electron chi connectivity index (χ1n) is 7.83. The van der Waals surface area contributed by atoms with E-state index >= 15 is 0 Å². The molecule has 0 bridgehead atoms. The number of carbonyl (C=O) groups excluding carboxylic acids is 2. The van der Waals surface area contributed by atoms with Gasteiger partial charge in [-0.15, -0.1) is 0 Å². The molecule has 1 atom stereocenters. The number of hydrogen-bond donors (Lipinski definition) is 1. The van der Waals surface area contributed by atoms with Crippen LogP contribution < -0.4 is 5.32 Å². The van der Waals surface area contributed by atoms with E-state index in [-0.39, 0.29) is 24.1 Å². The molecule has 0 fully saturated rings. The van der Waals surface area contributed by atoms with Crippen LogP contribution in [0.15, 0.2) is 24.3 Å². The van der Waals surface area contributed by atoms with Gasteiger partial charge >= 0.3 is 5.97 Å². The zero-order valence-electron chi connectivity index (χ0n) is 14.5. The topological polar surface area (TPSA) is 55.4 Å². The van der Waals surface area contributed by atoms with Gasteiger partial charge in [-0.05, 0) is 50.8 Å². The quantitative estimate of drug-likeness (QED) is 0.818. The van der Waals surface area contributed by atoms with Gasteiger partial charge in [0, 0.05) is 0 Å². The predicted molar refractivity (Wildman–Crippen MR) is 87.3 cm³/mol. The SMILES string of the molecule is CC(C)C[C@H](NC(=O)Cc1ccc(F)cc1)C(=O)OC(C)(C)C. The summed E-state index contributed by atoms with van der Waals surface area (Å²) in [5, 5.41) is 2.73. The first-order chi connectivity index (χ1) is 10.6. The van der Waals surface area contributed by atoms with Crippen LogP contribution in [0.5, 0.6) is 0 Å². The molecule has 1 N–H and O–H groups in total. The van der Waals surface area contributed by atoms with E-state index in [1.165, 1.54) is 12.1 Å². The van der Waals surface area contributed by atoms with E-state index in [1.54, 1.807) is 32.9 Å². The van der Waals surface area contributed by atoms with Gasteiger partial charge in [-0.3, -0.25) is 4.79 Å². The largest absolute Gasteiger partial charge is 0.458 e. The van der Waals surface area contributed by atoms with Crippen molar-refractivity contribution < 1.29 is 18.7 Å². The molecule has 23 heavy (non-hydrogen) atoms. The molecule has 1 amide bonds. The van der Waals surface area contributed by atoms with Crippen molar-refractivity contribution >= 4 is 11.9 Å². The maximum absolute atomic E-state index is 12.9. The van der Waals surface area contributed by atoms with Crippen LogP contribution in [0.3, 0.4) is 0 Å². The Bertz CT molecular complexity index is 532. The third kappa shape index (κ3) is 7.77. The number of rotatable bonds is 6. The molecule has 0 aliphatic heterocycles. The number of benzene rings is 1. The second-order valence-electron chi connectivity index (χ2n) is 7.09. The zero-order valence-corrected chi connectivity index (χ0v) is 14.5. The minimum absolute atomic E-state index is 0.0949. The third-order valence-corrected chi connectivity index (χ3v) is 3.01. The van der Waals surface area contributed by atoms with Gasteiger partial charge in [0.1, 0.15) is 17.5 Å². The molecule has 0 radical (unpaired) electrons. The van der Waals surface area contributed by atoms with Gasteiger partial charge < -0.3 is 10.1 Å². The van der Waals surface area contributed by atoms with Crippen LogP contribution in [0, 0.1) is 11.7 Å². The Balaban J connectivity index is 2.70. The Hall–Kier alpha value is -1.91. The summed E-state index contributed by atoms with van der Waals surface area (Å²) in [5.74, 6) is -0.828. The fourth-order valence-corrected chi connectivity index (χ4v) is 2.09. The standard InChI is InChI=1S/C18H26FNO3/c1-12(2)10-15(17(22)23-18(3,4)5)20-16(21)11-13-6-8-14(19)9-7-13/h6-9,12,15H,10-11H2,1-5H3,(H,20,21)/t15-/m0/s1. The number of ether oxygens (including phenoxy) is 1. The van der Waals surface area contributed by atoms with Crippen LogP contribution in [0.2, 0.25) is 0 Å². The molecule has 5 heteroatoms. The molecule has 0 aliphatic carbocycles. The Morgan fingerprint density at radius 2 is 1.74 bits per heavy atom.